The van der Waals surface area contributed by atoms with Crippen LogP contribution in [0.1, 0.15) is 23.0 Å². The van der Waals surface area contributed by atoms with E-state index in [0.717, 1.165) is 0 Å². The molecule has 10 heteroatoms. The average Bonchev–Trinajstić information content (AvgIpc) is 2.69. The highest BCUT2D eigenvalue weighted by atomic mass is 35.5. The molecule has 1 unspecified atom stereocenters. The summed E-state index contributed by atoms with van der Waals surface area (Å²) in [5.74, 6) is -1.08. The van der Waals surface area contributed by atoms with E-state index in [1.807, 2.05) is 14.0 Å². The molecule has 0 amide bonds. The summed E-state index contributed by atoms with van der Waals surface area (Å²) in [6.07, 6.45) is 1.21. The Labute approximate surface area is 175 Å². The standard InChI is InChI=1S/C19H23ClN4O4S/c1-14-13-24(9-8-23(14)2,18-5-3-4-16(20)10-18)29(27,28)22-12-17-7-6-15(11-21-17)19(25)26/h3-7,10-11,14,22H,8-9,12-13H2,1-2H3/p+1/t14?,24-/m1/s1. The topological polar surface area (TPSA) is 99.6 Å². The molecular weight excluding hydrogens is 416 g/mol. The average molecular weight is 440 g/mol. The number of carboxylic acids is 1. The van der Waals surface area contributed by atoms with E-state index in [2.05, 4.69) is 14.6 Å². The summed E-state index contributed by atoms with van der Waals surface area (Å²) in [7, 11) is -1.87. The molecule has 2 atom stereocenters. The number of benzene rings is 1. The lowest BCUT2D eigenvalue weighted by Gasteiger charge is -2.44. The van der Waals surface area contributed by atoms with E-state index in [-0.39, 0.29) is 22.0 Å². The summed E-state index contributed by atoms with van der Waals surface area (Å²) in [4.78, 5) is 17.1. The number of carbonyl (C=O) groups is 1. The third-order valence-electron chi connectivity index (χ3n) is 5.37. The van der Waals surface area contributed by atoms with Gasteiger partial charge in [0.25, 0.3) is 0 Å². The van der Waals surface area contributed by atoms with Gasteiger partial charge in [0.2, 0.25) is 0 Å². The summed E-state index contributed by atoms with van der Waals surface area (Å²) >= 11 is 6.16. The number of carboxylic acid groups (broad SMARTS) is 1. The van der Waals surface area contributed by atoms with Crippen LogP contribution < -0.4 is 8.61 Å². The van der Waals surface area contributed by atoms with Crippen molar-refractivity contribution in [3.63, 3.8) is 0 Å². The Morgan fingerprint density at radius 3 is 2.72 bits per heavy atom. The Morgan fingerprint density at radius 2 is 2.14 bits per heavy atom. The predicted octanol–water partition coefficient (Wildman–Crippen LogP) is 2.11. The van der Waals surface area contributed by atoms with Gasteiger partial charge in [-0.2, -0.15) is 17.0 Å². The Hall–Kier alpha value is -2.04. The van der Waals surface area contributed by atoms with E-state index in [1.54, 1.807) is 24.3 Å². The van der Waals surface area contributed by atoms with Crippen LogP contribution in [0.25, 0.3) is 0 Å². The van der Waals surface area contributed by atoms with Crippen LogP contribution in [0, 0.1) is 0 Å². The van der Waals surface area contributed by atoms with Crippen LogP contribution >= 0.6 is 11.6 Å². The second kappa shape index (κ2) is 8.37. The van der Waals surface area contributed by atoms with Crippen molar-refractivity contribution in [2.75, 3.05) is 26.7 Å². The first-order valence-corrected chi connectivity index (χ1v) is 11.0. The number of aromatic nitrogens is 1. The molecule has 1 aliphatic heterocycles. The van der Waals surface area contributed by atoms with E-state index < -0.39 is 16.2 Å². The van der Waals surface area contributed by atoms with Crippen LogP contribution in [0.3, 0.4) is 0 Å². The molecule has 1 saturated heterocycles. The summed E-state index contributed by atoms with van der Waals surface area (Å²) in [6, 6.07) is 9.90. The number of piperazine rings is 1. The van der Waals surface area contributed by atoms with Crippen LogP contribution in [-0.2, 0) is 16.8 Å². The maximum Gasteiger partial charge on any atom is 0.375 e. The number of likely N-dealkylation sites (N-methyl/N-ethyl adjacent to an activating group) is 1. The third kappa shape index (κ3) is 4.44. The number of aromatic carboxylic acids is 1. The van der Waals surface area contributed by atoms with Gasteiger partial charge in [0.1, 0.15) is 13.1 Å². The van der Waals surface area contributed by atoms with Gasteiger partial charge in [0.05, 0.1) is 23.8 Å². The lowest BCUT2D eigenvalue weighted by molar-refractivity contribution is 0.0696. The fourth-order valence-corrected chi connectivity index (χ4v) is 5.35. The number of hydrogen-bond acceptors (Lipinski definition) is 5. The Morgan fingerprint density at radius 1 is 1.38 bits per heavy atom. The van der Waals surface area contributed by atoms with E-state index >= 15 is 0 Å². The van der Waals surface area contributed by atoms with Gasteiger partial charge in [-0.15, -0.1) is 0 Å². The van der Waals surface area contributed by atoms with Crippen molar-refractivity contribution in [1.29, 1.82) is 0 Å². The summed E-state index contributed by atoms with van der Waals surface area (Å²) in [6.45, 7) is 3.32. The van der Waals surface area contributed by atoms with Crippen molar-refractivity contribution < 1.29 is 18.3 Å². The second-order valence-electron chi connectivity index (χ2n) is 7.24. The highest BCUT2D eigenvalue weighted by Gasteiger charge is 2.48. The molecule has 2 heterocycles. The van der Waals surface area contributed by atoms with Crippen LogP contribution in [0.15, 0.2) is 42.6 Å². The first kappa shape index (κ1) is 21.7. The highest BCUT2D eigenvalue weighted by molar-refractivity contribution is 7.89. The zero-order valence-electron chi connectivity index (χ0n) is 16.2. The summed E-state index contributed by atoms with van der Waals surface area (Å²) in [5.41, 5.74) is 1.09. The van der Waals surface area contributed by atoms with Gasteiger partial charge in [0.15, 0.2) is 5.69 Å². The summed E-state index contributed by atoms with van der Waals surface area (Å²) in [5, 5.41) is 9.44. The first-order chi connectivity index (χ1) is 13.6. The maximum absolute atomic E-state index is 13.5. The number of nitrogens with one attached hydrogen (secondary N) is 1. The molecule has 1 aromatic heterocycles. The number of pyridine rings is 1. The minimum absolute atomic E-state index is 0.0347. The van der Waals surface area contributed by atoms with Crippen molar-refractivity contribution in [1.82, 2.24) is 18.5 Å². The van der Waals surface area contributed by atoms with Crippen LogP contribution in [0.4, 0.5) is 5.69 Å². The van der Waals surface area contributed by atoms with Crippen molar-refractivity contribution in [3.05, 3.63) is 58.9 Å². The fourth-order valence-electron chi connectivity index (χ4n) is 3.46. The number of halogens is 1. The van der Waals surface area contributed by atoms with Crippen molar-refractivity contribution in [2.24, 2.45) is 0 Å². The molecular formula is C19H24ClN4O4S+. The normalized spacial score (nSPS) is 23.1. The zero-order chi connectivity index (χ0) is 21.2. The molecule has 0 saturated carbocycles. The van der Waals surface area contributed by atoms with Gasteiger partial charge in [-0.25, -0.2) is 4.79 Å². The first-order valence-electron chi connectivity index (χ1n) is 9.16. The molecule has 1 fully saturated rings. The van der Waals surface area contributed by atoms with E-state index in [4.69, 9.17) is 16.7 Å². The molecule has 1 aromatic carbocycles. The van der Waals surface area contributed by atoms with Crippen LogP contribution in [0.5, 0.6) is 0 Å². The van der Waals surface area contributed by atoms with Crippen molar-refractivity contribution in [3.8, 4) is 0 Å². The predicted molar refractivity (Wildman–Crippen MR) is 112 cm³/mol. The van der Waals surface area contributed by atoms with E-state index in [0.29, 0.717) is 36.0 Å². The van der Waals surface area contributed by atoms with Gasteiger partial charge in [-0.1, -0.05) is 17.7 Å². The fraction of sp³-hybridized carbons (Fsp3) is 0.368. The molecule has 0 spiro atoms. The van der Waals surface area contributed by atoms with Gasteiger partial charge in [-0.3, -0.25) is 9.88 Å². The van der Waals surface area contributed by atoms with E-state index in [1.165, 1.54) is 18.3 Å². The third-order valence-corrected chi connectivity index (χ3v) is 7.58. The molecule has 0 radical (unpaired) electrons. The molecule has 1 aliphatic rings. The number of rotatable bonds is 6. The minimum Gasteiger partial charge on any atom is -0.478 e. The van der Waals surface area contributed by atoms with Gasteiger partial charge in [-0.05, 0) is 32.2 Å². The molecule has 2 aromatic rings. The largest absolute Gasteiger partial charge is 0.478 e. The van der Waals surface area contributed by atoms with Crippen LogP contribution in [0.2, 0.25) is 5.02 Å². The zero-order valence-corrected chi connectivity index (χ0v) is 17.8. The second-order valence-corrected chi connectivity index (χ2v) is 9.62. The molecule has 156 valence electrons. The quantitative estimate of drug-likeness (QED) is 0.669. The highest BCUT2D eigenvalue weighted by Crippen LogP contribution is 2.32. The molecule has 0 aliphatic carbocycles. The lowest BCUT2D eigenvalue weighted by atomic mass is 10.2. The van der Waals surface area contributed by atoms with E-state index in [9.17, 15) is 13.2 Å². The number of hydrogen-bond donors (Lipinski definition) is 2. The Bertz CT molecular complexity index is 1000. The van der Waals surface area contributed by atoms with Crippen LogP contribution in [-0.4, -0.2) is 62.1 Å². The molecule has 2 N–H and O–H groups in total. The lowest BCUT2D eigenvalue weighted by Crippen LogP contribution is -2.68. The SMILES string of the molecule is CC1C[N@+](c2cccc(Cl)c2)(S(=O)(=O)NCc2ccc(C(=O)O)cn2)CCN1C. The number of quaternary nitrogens is 1. The van der Waals surface area contributed by atoms with Gasteiger partial charge in [0, 0.05) is 29.9 Å². The smallest absolute Gasteiger partial charge is 0.375 e. The summed E-state index contributed by atoms with van der Waals surface area (Å²) < 4.78 is 29.4. The molecule has 0 bridgehead atoms. The van der Waals surface area contributed by atoms with Gasteiger partial charge < -0.3 is 5.11 Å². The Kier molecular flexibility index (Phi) is 6.25. The molecule has 29 heavy (non-hydrogen) atoms. The van der Waals surface area contributed by atoms with Crippen molar-refractivity contribution >= 4 is 33.5 Å². The monoisotopic (exact) mass is 439 g/mol. The number of nitrogens with zero attached hydrogens (tertiary/aromatic N) is 3. The molecule has 3 rings (SSSR count). The van der Waals surface area contributed by atoms with Gasteiger partial charge >= 0.3 is 16.2 Å². The van der Waals surface area contributed by atoms with Crippen molar-refractivity contribution in [2.45, 2.75) is 19.5 Å². The minimum atomic E-state index is -3.85. The Balaban J connectivity index is 1.91. The molecule has 8 nitrogen and oxygen atoms in total. The maximum atomic E-state index is 13.5.